The number of benzene rings is 2. The number of thioether (sulfide) groups is 1. The number of aromatic nitrogens is 2. The summed E-state index contributed by atoms with van der Waals surface area (Å²) in [5, 5.41) is 3.64. The summed E-state index contributed by atoms with van der Waals surface area (Å²) in [6.07, 6.45) is 5.90. The van der Waals surface area contributed by atoms with Gasteiger partial charge in [0.15, 0.2) is 5.16 Å². The minimum absolute atomic E-state index is 0.0587. The second-order valence-electron chi connectivity index (χ2n) is 7.52. The highest BCUT2D eigenvalue weighted by Crippen LogP contribution is 2.36. The van der Waals surface area contributed by atoms with Crippen molar-refractivity contribution >= 4 is 17.7 Å². The molecule has 1 aromatic heterocycles. The molecule has 4 nitrogen and oxygen atoms in total. The molecule has 0 aliphatic heterocycles. The SMILES string of the molecule is CC(C)c1ccc(-n2ccnc2SC(C(=O)NC2CC2)c2ccccc2)cc1. The fraction of sp³-hybridized carbons (Fsp3) is 0.304. The average molecular weight is 392 g/mol. The number of rotatable bonds is 7. The molecule has 1 fully saturated rings. The zero-order valence-corrected chi connectivity index (χ0v) is 17.0. The van der Waals surface area contributed by atoms with Crippen molar-refractivity contribution in [3.63, 3.8) is 0 Å². The lowest BCUT2D eigenvalue weighted by atomic mass is 10.0. The van der Waals surface area contributed by atoms with Crippen molar-refractivity contribution < 1.29 is 4.79 Å². The molecule has 1 unspecified atom stereocenters. The van der Waals surface area contributed by atoms with Gasteiger partial charge < -0.3 is 5.32 Å². The summed E-state index contributed by atoms with van der Waals surface area (Å²) < 4.78 is 2.05. The molecule has 1 atom stereocenters. The first-order chi connectivity index (χ1) is 13.6. The first-order valence-corrected chi connectivity index (χ1v) is 10.7. The van der Waals surface area contributed by atoms with E-state index in [0.717, 1.165) is 29.2 Å². The van der Waals surface area contributed by atoms with E-state index < -0.39 is 0 Å². The number of imidazole rings is 1. The van der Waals surface area contributed by atoms with E-state index in [0.29, 0.717) is 12.0 Å². The van der Waals surface area contributed by atoms with Crippen LogP contribution >= 0.6 is 11.8 Å². The van der Waals surface area contributed by atoms with E-state index in [1.807, 2.05) is 36.5 Å². The molecule has 0 spiro atoms. The Morgan fingerprint density at radius 2 is 1.79 bits per heavy atom. The van der Waals surface area contributed by atoms with E-state index in [2.05, 4.69) is 53.0 Å². The molecule has 3 aromatic rings. The zero-order valence-electron chi connectivity index (χ0n) is 16.2. The molecule has 1 amide bonds. The van der Waals surface area contributed by atoms with E-state index in [1.165, 1.54) is 17.3 Å². The molecule has 5 heteroatoms. The third-order valence-corrected chi connectivity index (χ3v) is 6.17. The number of nitrogens with zero attached hydrogens (tertiary/aromatic N) is 2. The van der Waals surface area contributed by atoms with E-state index in [-0.39, 0.29) is 11.2 Å². The number of carbonyl (C=O) groups is 1. The van der Waals surface area contributed by atoms with Crippen molar-refractivity contribution in [2.24, 2.45) is 0 Å². The van der Waals surface area contributed by atoms with Gasteiger partial charge in [-0.15, -0.1) is 0 Å². The van der Waals surface area contributed by atoms with Gasteiger partial charge in [-0.1, -0.05) is 68.1 Å². The number of carbonyl (C=O) groups excluding carboxylic acids is 1. The normalized spacial score (nSPS) is 14.8. The van der Waals surface area contributed by atoms with Crippen LogP contribution in [0.1, 0.15) is 49.0 Å². The number of hydrogen-bond acceptors (Lipinski definition) is 3. The molecule has 1 heterocycles. The predicted molar refractivity (Wildman–Crippen MR) is 114 cm³/mol. The van der Waals surface area contributed by atoms with Gasteiger partial charge in [0.05, 0.1) is 0 Å². The Labute approximate surface area is 170 Å². The standard InChI is InChI=1S/C23H25N3OS/c1-16(2)17-8-12-20(13-9-17)26-15-14-24-23(26)28-21(18-6-4-3-5-7-18)22(27)25-19-10-11-19/h3-9,12-16,19,21H,10-11H2,1-2H3,(H,25,27). The van der Waals surface area contributed by atoms with Gasteiger partial charge >= 0.3 is 0 Å². The topological polar surface area (TPSA) is 46.9 Å². The lowest BCUT2D eigenvalue weighted by Gasteiger charge is -2.17. The molecular weight excluding hydrogens is 366 g/mol. The molecule has 0 saturated heterocycles. The molecule has 144 valence electrons. The van der Waals surface area contributed by atoms with Crippen LogP contribution in [-0.4, -0.2) is 21.5 Å². The van der Waals surface area contributed by atoms with Gasteiger partial charge in [0.1, 0.15) is 5.25 Å². The Bertz CT molecular complexity index is 930. The molecule has 4 rings (SSSR count). The first kappa shape index (κ1) is 18.8. The Hall–Kier alpha value is -2.53. The van der Waals surface area contributed by atoms with Gasteiger partial charge in [0.2, 0.25) is 5.91 Å². The van der Waals surface area contributed by atoms with Crippen molar-refractivity contribution in [1.29, 1.82) is 0 Å². The Morgan fingerprint density at radius 1 is 1.07 bits per heavy atom. The van der Waals surface area contributed by atoms with Gasteiger partial charge in [-0.2, -0.15) is 0 Å². The van der Waals surface area contributed by atoms with Crippen LogP contribution in [0.15, 0.2) is 72.1 Å². The highest BCUT2D eigenvalue weighted by Gasteiger charge is 2.30. The Morgan fingerprint density at radius 3 is 2.43 bits per heavy atom. The minimum atomic E-state index is -0.321. The highest BCUT2D eigenvalue weighted by molar-refractivity contribution is 8.00. The van der Waals surface area contributed by atoms with Crippen molar-refractivity contribution in [2.75, 3.05) is 0 Å². The van der Waals surface area contributed by atoms with Crippen LogP contribution in [0.5, 0.6) is 0 Å². The zero-order chi connectivity index (χ0) is 19.5. The number of amides is 1. The van der Waals surface area contributed by atoms with Crippen molar-refractivity contribution in [2.45, 2.75) is 49.1 Å². The van der Waals surface area contributed by atoms with Crippen LogP contribution in [0, 0.1) is 0 Å². The third kappa shape index (κ3) is 4.30. The Balaban J connectivity index is 1.60. The molecule has 1 aliphatic carbocycles. The van der Waals surface area contributed by atoms with Crippen molar-refractivity contribution in [1.82, 2.24) is 14.9 Å². The summed E-state index contributed by atoms with van der Waals surface area (Å²) in [4.78, 5) is 17.5. The van der Waals surface area contributed by atoms with Crippen LogP contribution in [-0.2, 0) is 4.79 Å². The molecule has 0 bridgehead atoms. The smallest absolute Gasteiger partial charge is 0.238 e. The minimum Gasteiger partial charge on any atom is -0.352 e. The van der Waals surface area contributed by atoms with Gasteiger partial charge in [0.25, 0.3) is 0 Å². The number of nitrogens with one attached hydrogen (secondary N) is 1. The van der Waals surface area contributed by atoms with Gasteiger partial charge in [-0.05, 0) is 42.0 Å². The molecule has 0 radical (unpaired) electrons. The molecule has 1 saturated carbocycles. The van der Waals surface area contributed by atoms with Gasteiger partial charge in [0, 0.05) is 24.1 Å². The van der Waals surface area contributed by atoms with E-state index in [1.54, 1.807) is 6.20 Å². The number of hydrogen-bond donors (Lipinski definition) is 1. The fourth-order valence-electron chi connectivity index (χ4n) is 3.10. The van der Waals surface area contributed by atoms with Crippen LogP contribution in [0.2, 0.25) is 0 Å². The van der Waals surface area contributed by atoms with Gasteiger partial charge in [-0.25, -0.2) is 4.98 Å². The molecule has 1 aliphatic rings. The summed E-state index contributed by atoms with van der Waals surface area (Å²) in [7, 11) is 0. The van der Waals surface area contributed by atoms with E-state index in [4.69, 9.17) is 0 Å². The van der Waals surface area contributed by atoms with Gasteiger partial charge in [-0.3, -0.25) is 9.36 Å². The molecule has 1 N–H and O–H groups in total. The summed E-state index contributed by atoms with van der Waals surface area (Å²) in [5.74, 6) is 0.558. The largest absolute Gasteiger partial charge is 0.352 e. The second-order valence-corrected chi connectivity index (χ2v) is 8.59. The summed E-state index contributed by atoms with van der Waals surface area (Å²) >= 11 is 1.50. The lowest BCUT2D eigenvalue weighted by molar-refractivity contribution is -0.120. The summed E-state index contributed by atoms with van der Waals surface area (Å²) in [6, 6.07) is 18.8. The van der Waals surface area contributed by atoms with E-state index in [9.17, 15) is 4.79 Å². The predicted octanol–water partition coefficient (Wildman–Crippen LogP) is 5.11. The fourth-order valence-corrected chi connectivity index (χ4v) is 4.18. The highest BCUT2D eigenvalue weighted by atomic mass is 32.2. The lowest BCUT2D eigenvalue weighted by Crippen LogP contribution is -2.29. The summed E-state index contributed by atoms with van der Waals surface area (Å²) in [5.41, 5.74) is 3.36. The maximum atomic E-state index is 12.9. The third-order valence-electron chi connectivity index (χ3n) is 4.93. The van der Waals surface area contributed by atoms with Crippen LogP contribution in [0.25, 0.3) is 5.69 Å². The maximum Gasteiger partial charge on any atom is 0.238 e. The Kier molecular flexibility index (Phi) is 5.53. The quantitative estimate of drug-likeness (QED) is 0.570. The monoisotopic (exact) mass is 391 g/mol. The van der Waals surface area contributed by atoms with Crippen LogP contribution < -0.4 is 5.32 Å². The second kappa shape index (κ2) is 8.23. The first-order valence-electron chi connectivity index (χ1n) is 9.77. The molecule has 2 aromatic carbocycles. The molecular formula is C23H25N3OS. The van der Waals surface area contributed by atoms with Crippen molar-refractivity contribution in [3.05, 3.63) is 78.1 Å². The van der Waals surface area contributed by atoms with Crippen LogP contribution in [0.4, 0.5) is 0 Å². The maximum absolute atomic E-state index is 12.9. The van der Waals surface area contributed by atoms with Crippen molar-refractivity contribution in [3.8, 4) is 5.69 Å². The molecule has 28 heavy (non-hydrogen) atoms. The van der Waals surface area contributed by atoms with E-state index >= 15 is 0 Å². The summed E-state index contributed by atoms with van der Waals surface area (Å²) in [6.45, 7) is 4.38. The average Bonchev–Trinajstić information content (AvgIpc) is 3.40. The van der Waals surface area contributed by atoms with Crippen LogP contribution in [0.3, 0.4) is 0 Å².